The molecular formula is C16H23NO. The van der Waals surface area contributed by atoms with Crippen molar-refractivity contribution in [2.45, 2.75) is 51.2 Å². The number of aliphatic hydroxyl groups is 1. The summed E-state index contributed by atoms with van der Waals surface area (Å²) in [6.07, 6.45) is 6.44. The molecule has 1 saturated heterocycles. The molecule has 0 radical (unpaired) electrons. The van der Waals surface area contributed by atoms with E-state index in [0.29, 0.717) is 0 Å². The maximum Gasteiger partial charge on any atom is 0.0781 e. The van der Waals surface area contributed by atoms with E-state index in [4.69, 9.17) is 0 Å². The lowest BCUT2D eigenvalue weighted by molar-refractivity contribution is 0.199. The highest BCUT2D eigenvalue weighted by Gasteiger charge is 2.35. The molecule has 2 unspecified atom stereocenters. The number of rotatable bonds is 2. The molecule has 0 bridgehead atoms. The summed E-state index contributed by atoms with van der Waals surface area (Å²) in [6.45, 7) is 3.03. The molecule has 1 N–H and O–H groups in total. The zero-order chi connectivity index (χ0) is 12.5. The first-order valence-corrected chi connectivity index (χ1v) is 7.31. The van der Waals surface area contributed by atoms with E-state index in [0.717, 1.165) is 24.1 Å². The Morgan fingerprint density at radius 1 is 1.17 bits per heavy atom. The fourth-order valence-corrected chi connectivity index (χ4v) is 3.86. The molecule has 2 nitrogen and oxygen atoms in total. The Hall–Kier alpha value is -1.02. The van der Waals surface area contributed by atoms with Gasteiger partial charge in [-0.05, 0) is 44.6 Å². The van der Waals surface area contributed by atoms with Gasteiger partial charge in [0, 0.05) is 23.8 Å². The first-order valence-electron chi connectivity index (χ1n) is 7.31. The number of fused-ring (bicyclic) bond motifs is 1. The molecule has 2 aliphatic rings. The molecule has 98 valence electrons. The molecular weight excluding hydrogens is 222 g/mol. The van der Waals surface area contributed by atoms with Crippen LogP contribution in [-0.2, 0) is 0 Å². The summed E-state index contributed by atoms with van der Waals surface area (Å²) in [6, 6.07) is 9.10. The number of hydrogen-bond acceptors (Lipinski definition) is 2. The number of hydrogen-bond donors (Lipinski definition) is 1. The first kappa shape index (κ1) is 12.0. The predicted molar refractivity (Wildman–Crippen MR) is 74.8 cm³/mol. The summed E-state index contributed by atoms with van der Waals surface area (Å²) in [5, 5.41) is 9.95. The Balaban J connectivity index is 1.93. The fraction of sp³-hybridized carbons (Fsp3) is 0.625. The zero-order valence-corrected chi connectivity index (χ0v) is 11.2. The molecule has 2 heteroatoms. The summed E-state index contributed by atoms with van der Waals surface area (Å²) in [4.78, 5) is 2.57. The van der Waals surface area contributed by atoms with Crippen molar-refractivity contribution in [3.63, 3.8) is 0 Å². The number of piperidine rings is 1. The van der Waals surface area contributed by atoms with Gasteiger partial charge in [0.1, 0.15) is 0 Å². The highest BCUT2D eigenvalue weighted by Crippen LogP contribution is 2.40. The number of anilines is 1. The van der Waals surface area contributed by atoms with Crippen LogP contribution in [0.4, 0.5) is 5.69 Å². The number of para-hydroxylation sites is 1. The topological polar surface area (TPSA) is 23.5 Å². The summed E-state index contributed by atoms with van der Waals surface area (Å²) >= 11 is 0. The maximum absolute atomic E-state index is 9.95. The molecule has 2 fully saturated rings. The molecule has 1 saturated carbocycles. The van der Waals surface area contributed by atoms with Crippen molar-refractivity contribution in [1.82, 2.24) is 0 Å². The van der Waals surface area contributed by atoms with E-state index < -0.39 is 0 Å². The van der Waals surface area contributed by atoms with Crippen LogP contribution < -0.4 is 4.90 Å². The highest BCUT2D eigenvalue weighted by atomic mass is 16.3. The number of nitrogens with zero attached hydrogens (tertiary/aromatic N) is 1. The summed E-state index contributed by atoms with van der Waals surface area (Å²) < 4.78 is 0. The monoisotopic (exact) mass is 245 g/mol. The van der Waals surface area contributed by atoms with E-state index in [1.54, 1.807) is 0 Å². The minimum Gasteiger partial charge on any atom is -0.389 e. The van der Waals surface area contributed by atoms with E-state index in [2.05, 4.69) is 23.1 Å². The lowest BCUT2D eigenvalue weighted by Crippen LogP contribution is -2.43. The second kappa shape index (κ2) is 4.93. The molecule has 3 rings (SSSR count). The molecule has 0 spiro atoms. The normalized spacial score (nSPS) is 29.1. The van der Waals surface area contributed by atoms with Gasteiger partial charge in [0.05, 0.1) is 6.10 Å². The zero-order valence-electron chi connectivity index (χ0n) is 11.2. The fourth-order valence-electron chi connectivity index (χ4n) is 3.86. The Bertz CT molecular complexity index is 415. The van der Waals surface area contributed by atoms with Gasteiger partial charge >= 0.3 is 0 Å². The second-order valence-electron chi connectivity index (χ2n) is 5.83. The van der Waals surface area contributed by atoms with Crippen molar-refractivity contribution in [1.29, 1.82) is 0 Å². The second-order valence-corrected chi connectivity index (χ2v) is 5.83. The lowest BCUT2D eigenvalue weighted by Gasteiger charge is -2.40. The molecule has 0 amide bonds. The SMILES string of the molecule is C[C@@H](O)c1ccccc1N1CCCC2CCCC21. The van der Waals surface area contributed by atoms with E-state index >= 15 is 0 Å². The van der Waals surface area contributed by atoms with Gasteiger partial charge in [-0.1, -0.05) is 24.6 Å². The van der Waals surface area contributed by atoms with E-state index in [1.807, 2.05) is 13.0 Å². The van der Waals surface area contributed by atoms with Gasteiger partial charge < -0.3 is 10.0 Å². The maximum atomic E-state index is 9.95. The van der Waals surface area contributed by atoms with Crippen LogP contribution in [0.2, 0.25) is 0 Å². The summed E-state index contributed by atoms with van der Waals surface area (Å²) in [5.74, 6) is 0.890. The van der Waals surface area contributed by atoms with Gasteiger partial charge in [-0.2, -0.15) is 0 Å². The van der Waals surface area contributed by atoms with Crippen molar-refractivity contribution in [3.8, 4) is 0 Å². The predicted octanol–water partition coefficient (Wildman–Crippen LogP) is 3.51. The van der Waals surface area contributed by atoms with Crippen molar-refractivity contribution >= 4 is 5.69 Å². The van der Waals surface area contributed by atoms with Crippen molar-refractivity contribution in [2.24, 2.45) is 5.92 Å². The van der Waals surface area contributed by atoms with Gasteiger partial charge in [-0.25, -0.2) is 0 Å². The Morgan fingerprint density at radius 3 is 2.78 bits per heavy atom. The third kappa shape index (κ3) is 2.03. The largest absolute Gasteiger partial charge is 0.389 e. The Kier molecular flexibility index (Phi) is 3.29. The van der Waals surface area contributed by atoms with Crippen molar-refractivity contribution in [2.75, 3.05) is 11.4 Å². The molecule has 1 aliphatic carbocycles. The van der Waals surface area contributed by atoms with Gasteiger partial charge in [0.15, 0.2) is 0 Å². The number of benzene rings is 1. The molecule has 1 heterocycles. The quantitative estimate of drug-likeness (QED) is 0.862. The molecule has 1 aliphatic heterocycles. The minimum absolute atomic E-state index is 0.372. The average Bonchev–Trinajstić information content (AvgIpc) is 2.86. The van der Waals surface area contributed by atoms with Gasteiger partial charge in [0.2, 0.25) is 0 Å². The number of aliphatic hydroxyl groups excluding tert-OH is 1. The van der Waals surface area contributed by atoms with Gasteiger partial charge in [-0.15, -0.1) is 0 Å². The van der Waals surface area contributed by atoms with Crippen LogP contribution in [0.25, 0.3) is 0 Å². The van der Waals surface area contributed by atoms with Crippen molar-refractivity contribution in [3.05, 3.63) is 29.8 Å². The van der Waals surface area contributed by atoms with E-state index in [-0.39, 0.29) is 6.10 Å². The molecule has 1 aromatic carbocycles. The Morgan fingerprint density at radius 2 is 1.94 bits per heavy atom. The van der Waals surface area contributed by atoms with Gasteiger partial charge in [0.25, 0.3) is 0 Å². The van der Waals surface area contributed by atoms with Crippen LogP contribution >= 0.6 is 0 Å². The van der Waals surface area contributed by atoms with Crippen LogP contribution in [0.5, 0.6) is 0 Å². The van der Waals surface area contributed by atoms with Crippen LogP contribution in [-0.4, -0.2) is 17.7 Å². The first-order chi connectivity index (χ1) is 8.77. The van der Waals surface area contributed by atoms with E-state index in [9.17, 15) is 5.11 Å². The average molecular weight is 245 g/mol. The molecule has 1 aromatic rings. The standard InChI is InChI=1S/C16H23NO/c1-12(18)14-8-2-3-9-16(14)17-11-5-7-13-6-4-10-15(13)17/h2-3,8-9,12-13,15,18H,4-7,10-11H2,1H3/t12-,13?,15?/m1/s1. The third-order valence-corrected chi connectivity index (χ3v) is 4.69. The molecule has 3 atom stereocenters. The van der Waals surface area contributed by atoms with Crippen LogP contribution in [0.3, 0.4) is 0 Å². The third-order valence-electron chi connectivity index (χ3n) is 4.69. The lowest BCUT2D eigenvalue weighted by atomic mass is 9.90. The summed E-state index contributed by atoms with van der Waals surface area (Å²) in [7, 11) is 0. The van der Waals surface area contributed by atoms with Crippen LogP contribution in [0, 0.1) is 5.92 Å². The highest BCUT2D eigenvalue weighted by molar-refractivity contribution is 5.56. The van der Waals surface area contributed by atoms with Crippen molar-refractivity contribution < 1.29 is 5.11 Å². The van der Waals surface area contributed by atoms with Crippen LogP contribution in [0.1, 0.15) is 50.7 Å². The summed E-state index contributed by atoms with van der Waals surface area (Å²) in [5.41, 5.74) is 2.36. The Labute approximate surface area is 110 Å². The molecule has 0 aromatic heterocycles. The van der Waals surface area contributed by atoms with Gasteiger partial charge in [-0.3, -0.25) is 0 Å². The van der Waals surface area contributed by atoms with Crippen LogP contribution in [0.15, 0.2) is 24.3 Å². The smallest absolute Gasteiger partial charge is 0.0781 e. The van der Waals surface area contributed by atoms with E-state index in [1.165, 1.54) is 37.8 Å². The molecule has 18 heavy (non-hydrogen) atoms. The minimum atomic E-state index is -0.372.